The summed E-state index contributed by atoms with van der Waals surface area (Å²) in [6.45, 7) is 4.54. The number of hydrogen-bond acceptors (Lipinski definition) is 4. The van der Waals surface area contributed by atoms with E-state index >= 15 is 0 Å². The van der Waals surface area contributed by atoms with Crippen LogP contribution in [0.5, 0.6) is 0 Å². The zero-order valence-corrected chi connectivity index (χ0v) is 17.0. The Hall–Kier alpha value is -1.95. The lowest BCUT2D eigenvalue weighted by molar-refractivity contribution is -0.129. The number of carbonyl (C=O) groups is 2. The summed E-state index contributed by atoms with van der Waals surface area (Å²) in [6.07, 6.45) is 10.3. The summed E-state index contributed by atoms with van der Waals surface area (Å²) >= 11 is 0. The Morgan fingerprint density at radius 2 is 1.89 bits per heavy atom. The number of pyridine rings is 1. The maximum atomic E-state index is 12.5. The summed E-state index contributed by atoms with van der Waals surface area (Å²) < 4.78 is 0. The third kappa shape index (κ3) is 6.59. The smallest absolute Gasteiger partial charge is 0.242 e. The average Bonchev–Trinajstić information content (AvgIpc) is 2.71. The molecule has 1 aliphatic heterocycles. The van der Waals surface area contributed by atoms with E-state index in [-0.39, 0.29) is 17.9 Å². The van der Waals surface area contributed by atoms with Gasteiger partial charge in [0, 0.05) is 38.3 Å². The first-order valence-electron chi connectivity index (χ1n) is 10.8. The topological polar surface area (TPSA) is 74.3 Å². The Bertz CT molecular complexity index is 623. The molecule has 1 unspecified atom stereocenters. The molecule has 1 aromatic heterocycles. The van der Waals surface area contributed by atoms with Gasteiger partial charge in [-0.3, -0.25) is 19.5 Å². The molecule has 0 radical (unpaired) electrons. The minimum Gasteiger partial charge on any atom is -0.351 e. The van der Waals surface area contributed by atoms with Gasteiger partial charge in [-0.05, 0) is 50.7 Å². The Morgan fingerprint density at radius 3 is 2.57 bits per heavy atom. The zero-order chi connectivity index (χ0) is 19.8. The molecule has 1 saturated heterocycles. The van der Waals surface area contributed by atoms with E-state index in [1.807, 2.05) is 24.4 Å². The predicted octanol–water partition coefficient (Wildman–Crippen LogP) is 2.64. The Balaban J connectivity index is 1.34. The van der Waals surface area contributed by atoms with Crippen molar-refractivity contribution in [2.45, 2.75) is 76.9 Å². The van der Waals surface area contributed by atoms with Crippen molar-refractivity contribution in [3.05, 3.63) is 30.1 Å². The van der Waals surface area contributed by atoms with E-state index in [0.29, 0.717) is 12.3 Å². The Kier molecular flexibility index (Phi) is 7.83. The zero-order valence-electron chi connectivity index (χ0n) is 17.0. The number of amides is 2. The van der Waals surface area contributed by atoms with Crippen LogP contribution in [0.1, 0.15) is 64.0 Å². The van der Waals surface area contributed by atoms with Crippen LogP contribution >= 0.6 is 0 Å². The van der Waals surface area contributed by atoms with Gasteiger partial charge in [0.2, 0.25) is 11.8 Å². The molecule has 1 saturated carbocycles. The van der Waals surface area contributed by atoms with Gasteiger partial charge in [-0.2, -0.15) is 0 Å². The Labute approximate surface area is 168 Å². The van der Waals surface area contributed by atoms with Crippen molar-refractivity contribution in [1.29, 1.82) is 0 Å². The molecule has 0 aromatic carbocycles. The highest BCUT2D eigenvalue weighted by molar-refractivity contribution is 5.87. The second-order valence-corrected chi connectivity index (χ2v) is 8.38. The fourth-order valence-electron chi connectivity index (χ4n) is 4.30. The maximum Gasteiger partial charge on any atom is 0.242 e. The maximum absolute atomic E-state index is 12.5. The minimum absolute atomic E-state index is 0.0136. The molecule has 2 fully saturated rings. The lowest BCUT2D eigenvalue weighted by Gasteiger charge is -2.32. The molecular formula is C22H34N4O2. The van der Waals surface area contributed by atoms with E-state index < -0.39 is 6.04 Å². The lowest BCUT2D eigenvalue weighted by Crippen LogP contribution is -2.51. The molecule has 2 aliphatic rings. The molecule has 3 rings (SSSR count). The first-order chi connectivity index (χ1) is 13.6. The number of aromatic nitrogens is 1. The van der Waals surface area contributed by atoms with Crippen LogP contribution in [0, 0.1) is 5.92 Å². The quantitative estimate of drug-likeness (QED) is 0.755. The summed E-state index contributed by atoms with van der Waals surface area (Å²) in [7, 11) is 0. The van der Waals surface area contributed by atoms with Crippen LogP contribution < -0.4 is 10.6 Å². The van der Waals surface area contributed by atoms with E-state index in [4.69, 9.17) is 0 Å². The summed E-state index contributed by atoms with van der Waals surface area (Å²) in [5, 5.41) is 6.00. The second kappa shape index (κ2) is 10.6. The standard InChI is InChI=1S/C22H34N4O2/c1-17(24-21(27)15-18-7-3-2-4-8-18)22(28)25-19-10-13-26(14-11-19)16-20-9-5-6-12-23-20/h5-6,9,12,17-19H,2-4,7-8,10-11,13-16H2,1H3,(H,24,27)(H,25,28). The fraction of sp³-hybridized carbons (Fsp3) is 0.682. The van der Waals surface area contributed by atoms with Gasteiger partial charge in [0.05, 0.1) is 5.69 Å². The van der Waals surface area contributed by atoms with Crippen LogP contribution in [-0.2, 0) is 16.1 Å². The third-order valence-corrected chi connectivity index (χ3v) is 6.02. The monoisotopic (exact) mass is 386 g/mol. The van der Waals surface area contributed by atoms with Crippen LogP contribution in [0.3, 0.4) is 0 Å². The SMILES string of the molecule is CC(NC(=O)CC1CCCCC1)C(=O)NC1CCN(Cc2ccccn2)CC1. The molecule has 1 atom stereocenters. The molecule has 28 heavy (non-hydrogen) atoms. The van der Waals surface area contributed by atoms with E-state index in [2.05, 4.69) is 20.5 Å². The molecule has 0 bridgehead atoms. The minimum atomic E-state index is -0.470. The first kappa shape index (κ1) is 20.8. The summed E-state index contributed by atoms with van der Waals surface area (Å²) in [5.74, 6) is 0.437. The van der Waals surface area contributed by atoms with Crippen LogP contribution in [0.25, 0.3) is 0 Å². The van der Waals surface area contributed by atoms with Crippen LogP contribution in [-0.4, -0.2) is 46.9 Å². The normalized spacial score (nSPS) is 20.5. The largest absolute Gasteiger partial charge is 0.351 e. The van der Waals surface area contributed by atoms with Crippen molar-refractivity contribution in [2.75, 3.05) is 13.1 Å². The van der Waals surface area contributed by atoms with Crippen molar-refractivity contribution in [2.24, 2.45) is 5.92 Å². The van der Waals surface area contributed by atoms with Crippen LogP contribution in [0.15, 0.2) is 24.4 Å². The molecular weight excluding hydrogens is 352 g/mol. The highest BCUT2D eigenvalue weighted by atomic mass is 16.2. The van der Waals surface area contributed by atoms with Crippen molar-refractivity contribution < 1.29 is 9.59 Å². The molecule has 6 nitrogen and oxygen atoms in total. The number of hydrogen-bond donors (Lipinski definition) is 2. The van der Waals surface area contributed by atoms with Gasteiger partial charge in [0.1, 0.15) is 6.04 Å². The van der Waals surface area contributed by atoms with Crippen LogP contribution in [0.2, 0.25) is 0 Å². The number of rotatable bonds is 7. The van der Waals surface area contributed by atoms with Gasteiger partial charge >= 0.3 is 0 Å². The Morgan fingerprint density at radius 1 is 1.14 bits per heavy atom. The number of nitrogens with zero attached hydrogens (tertiary/aromatic N) is 2. The molecule has 0 spiro atoms. The molecule has 6 heteroatoms. The highest BCUT2D eigenvalue weighted by Crippen LogP contribution is 2.26. The molecule has 2 amide bonds. The summed E-state index contributed by atoms with van der Waals surface area (Å²) in [4.78, 5) is 31.4. The van der Waals surface area contributed by atoms with E-state index in [9.17, 15) is 9.59 Å². The van der Waals surface area contributed by atoms with Gasteiger partial charge in [-0.1, -0.05) is 25.3 Å². The van der Waals surface area contributed by atoms with E-state index in [1.54, 1.807) is 6.92 Å². The molecule has 1 aliphatic carbocycles. The summed E-state index contributed by atoms with van der Waals surface area (Å²) in [6, 6.07) is 5.71. The lowest BCUT2D eigenvalue weighted by atomic mass is 9.87. The predicted molar refractivity (Wildman–Crippen MR) is 109 cm³/mol. The second-order valence-electron chi connectivity index (χ2n) is 8.38. The fourth-order valence-corrected chi connectivity index (χ4v) is 4.30. The molecule has 2 N–H and O–H groups in total. The third-order valence-electron chi connectivity index (χ3n) is 6.02. The van der Waals surface area contributed by atoms with E-state index in [0.717, 1.165) is 51.0 Å². The van der Waals surface area contributed by atoms with Crippen molar-refractivity contribution in [3.63, 3.8) is 0 Å². The van der Waals surface area contributed by atoms with Gasteiger partial charge in [0.25, 0.3) is 0 Å². The highest BCUT2D eigenvalue weighted by Gasteiger charge is 2.24. The number of nitrogens with one attached hydrogen (secondary N) is 2. The van der Waals surface area contributed by atoms with Gasteiger partial charge in [0.15, 0.2) is 0 Å². The number of piperidine rings is 1. The molecule has 2 heterocycles. The number of carbonyl (C=O) groups excluding carboxylic acids is 2. The van der Waals surface area contributed by atoms with Crippen molar-refractivity contribution >= 4 is 11.8 Å². The number of likely N-dealkylation sites (tertiary alicyclic amines) is 1. The van der Waals surface area contributed by atoms with Gasteiger partial charge < -0.3 is 10.6 Å². The summed E-state index contributed by atoms with van der Waals surface area (Å²) in [5.41, 5.74) is 1.08. The van der Waals surface area contributed by atoms with Gasteiger partial charge in [-0.25, -0.2) is 0 Å². The van der Waals surface area contributed by atoms with Crippen molar-refractivity contribution in [3.8, 4) is 0 Å². The van der Waals surface area contributed by atoms with Crippen molar-refractivity contribution in [1.82, 2.24) is 20.5 Å². The van der Waals surface area contributed by atoms with Gasteiger partial charge in [-0.15, -0.1) is 0 Å². The first-order valence-corrected chi connectivity index (χ1v) is 10.8. The average molecular weight is 387 g/mol. The van der Waals surface area contributed by atoms with Crippen LogP contribution in [0.4, 0.5) is 0 Å². The molecule has 154 valence electrons. The van der Waals surface area contributed by atoms with E-state index in [1.165, 1.54) is 19.3 Å². The molecule has 1 aromatic rings.